The van der Waals surface area contributed by atoms with Gasteiger partial charge < -0.3 is 0 Å². The van der Waals surface area contributed by atoms with Crippen molar-refractivity contribution in [2.24, 2.45) is 0 Å². The molecule has 0 aromatic heterocycles. The summed E-state index contributed by atoms with van der Waals surface area (Å²) in [6, 6.07) is 1.57. The molecule has 2 heteroatoms. The molecule has 1 unspecified atom stereocenters. The second kappa shape index (κ2) is 6.60. The van der Waals surface area contributed by atoms with Crippen LogP contribution >= 0.6 is 0 Å². The average Bonchev–Trinajstić information content (AvgIpc) is 2.11. The molecule has 0 aliphatic rings. The van der Waals surface area contributed by atoms with Gasteiger partial charge in [0.05, 0.1) is 0 Å². The quantitative estimate of drug-likeness (QED) is 0.590. The van der Waals surface area contributed by atoms with E-state index >= 15 is 0 Å². The molecule has 0 aromatic carbocycles. The lowest BCUT2D eigenvalue weighted by atomic mass is 10.1. The van der Waals surface area contributed by atoms with Crippen LogP contribution in [0.25, 0.3) is 0 Å². The van der Waals surface area contributed by atoms with Crippen molar-refractivity contribution in [2.75, 3.05) is 0 Å². The molecule has 0 spiro atoms. The molecule has 0 radical (unpaired) electrons. The summed E-state index contributed by atoms with van der Waals surface area (Å²) in [5.41, 5.74) is 0.544. The van der Waals surface area contributed by atoms with Crippen LogP contribution in [0.4, 0.5) is 4.39 Å². The Kier molecular flexibility index (Phi) is 6.00. The van der Waals surface area contributed by atoms with Gasteiger partial charge in [-0.3, -0.25) is 0 Å². The van der Waals surface area contributed by atoms with Gasteiger partial charge >= 0.3 is 0 Å². The highest BCUT2D eigenvalue weighted by molar-refractivity contribution is 5.21. The largest absolute Gasteiger partial charge is 0.226 e. The second-order valence-electron chi connectivity index (χ2n) is 2.42. The second-order valence-corrected chi connectivity index (χ2v) is 2.42. The highest BCUT2D eigenvalue weighted by Gasteiger charge is 2.07. The molecule has 0 saturated heterocycles. The number of halogens is 1. The molecule has 12 heavy (non-hydrogen) atoms. The third-order valence-corrected chi connectivity index (χ3v) is 1.53. The fourth-order valence-corrected chi connectivity index (χ4v) is 0.792. The number of nitrogens with zero attached hydrogens (tertiary/aromatic N) is 1. The number of allylic oxidation sites excluding steroid dienone is 4. The summed E-state index contributed by atoms with van der Waals surface area (Å²) >= 11 is 0. The van der Waals surface area contributed by atoms with E-state index in [1.54, 1.807) is 18.2 Å². The van der Waals surface area contributed by atoms with E-state index in [9.17, 15) is 4.39 Å². The first kappa shape index (κ1) is 10.9. The van der Waals surface area contributed by atoms with E-state index in [1.165, 1.54) is 0 Å². The van der Waals surface area contributed by atoms with Gasteiger partial charge in [0, 0.05) is 0 Å². The van der Waals surface area contributed by atoms with Gasteiger partial charge in [-0.25, -0.2) is 4.39 Å². The average molecular weight is 167 g/mol. The van der Waals surface area contributed by atoms with E-state index in [4.69, 9.17) is 5.26 Å². The number of rotatable bonds is 4. The van der Waals surface area contributed by atoms with Crippen LogP contribution in [0, 0.1) is 11.3 Å². The smallest absolute Gasteiger partial charge is 0.207 e. The molecule has 66 valence electrons. The molecular formula is C10H14FN. The van der Waals surface area contributed by atoms with E-state index in [1.807, 2.05) is 19.9 Å². The zero-order valence-electron chi connectivity index (χ0n) is 7.55. The molecule has 0 bridgehead atoms. The molecule has 0 aliphatic heterocycles. The van der Waals surface area contributed by atoms with Gasteiger partial charge in [0.15, 0.2) is 0 Å². The summed E-state index contributed by atoms with van der Waals surface area (Å²) < 4.78 is 12.8. The van der Waals surface area contributed by atoms with E-state index in [0.29, 0.717) is 12.0 Å². The minimum atomic E-state index is -1.45. The maximum Gasteiger partial charge on any atom is 0.207 e. The Morgan fingerprint density at radius 1 is 1.58 bits per heavy atom. The highest BCUT2D eigenvalue weighted by atomic mass is 19.1. The standard InChI is InChI=1S/C10H14FN/c1-3-5-6-7-9(4-2)10(11)8-12/h5-7,10H,3-4H2,1-2H3/b6-5-,9-7+. The minimum Gasteiger partial charge on any atom is -0.226 e. The van der Waals surface area contributed by atoms with Crippen LogP contribution in [0.3, 0.4) is 0 Å². The van der Waals surface area contributed by atoms with Crippen LogP contribution in [0.1, 0.15) is 26.7 Å². The molecule has 0 heterocycles. The maximum atomic E-state index is 12.8. The van der Waals surface area contributed by atoms with Crippen molar-refractivity contribution in [1.29, 1.82) is 5.26 Å². The van der Waals surface area contributed by atoms with Gasteiger partial charge in [-0.15, -0.1) is 0 Å². The molecule has 0 saturated carbocycles. The van der Waals surface area contributed by atoms with Crippen molar-refractivity contribution in [3.63, 3.8) is 0 Å². The fourth-order valence-electron chi connectivity index (χ4n) is 0.792. The molecule has 0 aliphatic carbocycles. The van der Waals surface area contributed by atoms with Gasteiger partial charge in [-0.2, -0.15) is 5.26 Å². The Balaban J connectivity index is 4.24. The van der Waals surface area contributed by atoms with Crippen molar-refractivity contribution in [3.05, 3.63) is 23.8 Å². The monoisotopic (exact) mass is 167 g/mol. The maximum absolute atomic E-state index is 12.8. The molecule has 0 N–H and O–H groups in total. The van der Waals surface area contributed by atoms with Gasteiger partial charge in [0.25, 0.3) is 0 Å². The summed E-state index contributed by atoms with van der Waals surface area (Å²) in [4.78, 5) is 0. The molecular weight excluding hydrogens is 153 g/mol. The summed E-state index contributed by atoms with van der Waals surface area (Å²) in [5.74, 6) is 0. The van der Waals surface area contributed by atoms with E-state index in [2.05, 4.69) is 0 Å². The number of alkyl halides is 1. The van der Waals surface area contributed by atoms with Crippen molar-refractivity contribution in [1.82, 2.24) is 0 Å². The Morgan fingerprint density at radius 2 is 2.25 bits per heavy atom. The Hall–Kier alpha value is -1.10. The minimum absolute atomic E-state index is 0.544. The topological polar surface area (TPSA) is 23.8 Å². The Labute approximate surface area is 73.2 Å². The lowest BCUT2D eigenvalue weighted by Gasteiger charge is -2.00. The fraction of sp³-hybridized carbons (Fsp3) is 0.500. The molecule has 1 atom stereocenters. The van der Waals surface area contributed by atoms with Crippen molar-refractivity contribution in [2.45, 2.75) is 32.9 Å². The summed E-state index contributed by atoms with van der Waals surface area (Å²) in [6.07, 6.45) is 5.47. The zero-order valence-corrected chi connectivity index (χ0v) is 7.55. The first-order valence-electron chi connectivity index (χ1n) is 4.15. The van der Waals surface area contributed by atoms with Crippen molar-refractivity contribution < 1.29 is 4.39 Å². The zero-order chi connectivity index (χ0) is 9.40. The van der Waals surface area contributed by atoms with Crippen molar-refractivity contribution in [3.8, 4) is 6.07 Å². The molecule has 0 aromatic rings. The van der Waals surface area contributed by atoms with Crippen LogP contribution < -0.4 is 0 Å². The van der Waals surface area contributed by atoms with Crippen LogP contribution in [0.15, 0.2) is 23.8 Å². The first-order chi connectivity index (χ1) is 5.76. The van der Waals surface area contributed by atoms with E-state index in [0.717, 1.165) is 6.42 Å². The molecule has 0 fully saturated rings. The molecule has 0 rings (SSSR count). The number of hydrogen-bond donors (Lipinski definition) is 0. The number of hydrogen-bond acceptors (Lipinski definition) is 1. The molecule has 1 nitrogen and oxygen atoms in total. The Bertz CT molecular complexity index is 210. The first-order valence-corrected chi connectivity index (χ1v) is 4.15. The van der Waals surface area contributed by atoms with Crippen LogP contribution in [-0.2, 0) is 0 Å². The van der Waals surface area contributed by atoms with E-state index in [-0.39, 0.29) is 0 Å². The van der Waals surface area contributed by atoms with Crippen LogP contribution in [-0.4, -0.2) is 6.17 Å². The SMILES string of the molecule is CC/C=C\C=C(/CC)C(F)C#N. The van der Waals surface area contributed by atoms with E-state index < -0.39 is 6.17 Å². The lowest BCUT2D eigenvalue weighted by Crippen LogP contribution is -1.99. The predicted molar refractivity (Wildman–Crippen MR) is 48.3 cm³/mol. The third-order valence-electron chi connectivity index (χ3n) is 1.53. The van der Waals surface area contributed by atoms with Gasteiger partial charge in [0.2, 0.25) is 6.17 Å². The Morgan fingerprint density at radius 3 is 2.67 bits per heavy atom. The normalized spacial score (nSPS) is 14.7. The van der Waals surface area contributed by atoms with Gasteiger partial charge in [-0.05, 0) is 18.4 Å². The summed E-state index contributed by atoms with van der Waals surface area (Å²) in [6.45, 7) is 3.85. The van der Waals surface area contributed by atoms with Crippen molar-refractivity contribution >= 4 is 0 Å². The predicted octanol–water partition coefficient (Wildman–Crippen LogP) is 3.15. The summed E-state index contributed by atoms with van der Waals surface area (Å²) in [5, 5.41) is 8.30. The van der Waals surface area contributed by atoms with Crippen LogP contribution in [0.5, 0.6) is 0 Å². The van der Waals surface area contributed by atoms with Crippen LogP contribution in [0.2, 0.25) is 0 Å². The van der Waals surface area contributed by atoms with Gasteiger partial charge in [0.1, 0.15) is 6.07 Å². The number of nitriles is 1. The molecule has 0 amide bonds. The summed E-state index contributed by atoms with van der Waals surface area (Å²) in [7, 11) is 0. The third kappa shape index (κ3) is 3.92. The van der Waals surface area contributed by atoms with Gasteiger partial charge in [-0.1, -0.05) is 32.1 Å². The highest BCUT2D eigenvalue weighted by Crippen LogP contribution is 2.10. The lowest BCUT2D eigenvalue weighted by molar-refractivity contribution is 0.451.